The molecule has 99 valence electrons. The molecule has 1 aromatic heterocycles. The third-order valence-electron chi connectivity index (χ3n) is 1.97. The standard InChI is InChI=1S/C10H6F2N3O3S/c11-8-5-9(12)15-10(14-8)13-6-2-1-3-7(4-6)19(16,17)18/h1-2,4-5H,(H,13,14,15)(H,16,17,18). The van der Waals surface area contributed by atoms with Crippen molar-refractivity contribution in [1.29, 1.82) is 0 Å². The molecule has 2 N–H and O–H groups in total. The van der Waals surface area contributed by atoms with E-state index < -0.39 is 26.9 Å². The number of aromatic nitrogens is 2. The number of rotatable bonds is 3. The van der Waals surface area contributed by atoms with E-state index in [1.54, 1.807) is 0 Å². The van der Waals surface area contributed by atoms with Gasteiger partial charge in [0.1, 0.15) is 4.90 Å². The third kappa shape index (κ3) is 3.42. The van der Waals surface area contributed by atoms with Crippen molar-refractivity contribution < 1.29 is 21.8 Å². The van der Waals surface area contributed by atoms with E-state index in [2.05, 4.69) is 21.4 Å². The second-order valence-electron chi connectivity index (χ2n) is 3.38. The summed E-state index contributed by atoms with van der Waals surface area (Å²) < 4.78 is 56.3. The predicted molar refractivity (Wildman–Crippen MR) is 60.3 cm³/mol. The van der Waals surface area contributed by atoms with Gasteiger partial charge >= 0.3 is 0 Å². The molecule has 1 radical (unpaired) electrons. The zero-order valence-electron chi connectivity index (χ0n) is 9.13. The normalized spacial score (nSPS) is 11.3. The zero-order valence-corrected chi connectivity index (χ0v) is 9.95. The Labute approximate surface area is 106 Å². The molecule has 0 bridgehead atoms. The summed E-state index contributed by atoms with van der Waals surface area (Å²) in [6, 6.07) is 6.37. The molecule has 1 aromatic carbocycles. The first-order chi connectivity index (χ1) is 8.84. The minimum Gasteiger partial charge on any atom is -0.324 e. The van der Waals surface area contributed by atoms with Crippen molar-refractivity contribution in [3.63, 3.8) is 0 Å². The highest BCUT2D eigenvalue weighted by Gasteiger charge is 2.11. The van der Waals surface area contributed by atoms with Crippen molar-refractivity contribution >= 4 is 21.8 Å². The molecule has 0 unspecified atom stereocenters. The molecular weight excluding hydrogens is 280 g/mol. The highest BCUT2D eigenvalue weighted by molar-refractivity contribution is 7.85. The minimum atomic E-state index is -4.42. The van der Waals surface area contributed by atoms with Crippen LogP contribution in [-0.2, 0) is 10.1 Å². The molecule has 19 heavy (non-hydrogen) atoms. The molecule has 0 spiro atoms. The van der Waals surface area contributed by atoms with Crippen LogP contribution < -0.4 is 5.32 Å². The molecule has 2 aromatic rings. The minimum absolute atomic E-state index is 0.122. The van der Waals surface area contributed by atoms with Crippen LogP contribution in [0, 0.1) is 18.0 Å². The Bertz CT molecular complexity index is 701. The Balaban J connectivity index is 2.33. The van der Waals surface area contributed by atoms with Gasteiger partial charge in [0, 0.05) is 17.8 Å². The van der Waals surface area contributed by atoms with Gasteiger partial charge in [-0.25, -0.2) is 0 Å². The first-order valence-corrected chi connectivity index (χ1v) is 6.25. The molecule has 9 heteroatoms. The Morgan fingerprint density at radius 2 is 1.84 bits per heavy atom. The lowest BCUT2D eigenvalue weighted by Crippen LogP contribution is -2.03. The van der Waals surface area contributed by atoms with E-state index >= 15 is 0 Å². The van der Waals surface area contributed by atoms with Crippen LogP contribution >= 0.6 is 0 Å². The van der Waals surface area contributed by atoms with Crippen LogP contribution in [0.4, 0.5) is 20.4 Å². The lowest BCUT2D eigenvalue weighted by atomic mass is 10.3. The predicted octanol–water partition coefficient (Wildman–Crippen LogP) is 1.55. The summed E-state index contributed by atoms with van der Waals surface area (Å²) in [5, 5.41) is 2.40. The van der Waals surface area contributed by atoms with Crippen LogP contribution in [0.1, 0.15) is 0 Å². The van der Waals surface area contributed by atoms with Gasteiger partial charge in [0.05, 0.1) is 0 Å². The van der Waals surface area contributed by atoms with Crippen molar-refractivity contribution in [2.45, 2.75) is 4.90 Å². The summed E-state index contributed by atoms with van der Waals surface area (Å²) in [5.41, 5.74) is 0.122. The average molecular weight is 286 g/mol. The second-order valence-corrected chi connectivity index (χ2v) is 4.77. The quantitative estimate of drug-likeness (QED) is 0.657. The molecule has 0 aliphatic heterocycles. The van der Waals surface area contributed by atoms with Crippen molar-refractivity contribution in [3.8, 4) is 0 Å². The summed E-state index contributed by atoms with van der Waals surface area (Å²) in [6.45, 7) is 0. The van der Waals surface area contributed by atoms with Crippen molar-refractivity contribution in [1.82, 2.24) is 9.97 Å². The Hall–Kier alpha value is -2.13. The molecule has 0 aliphatic carbocycles. The fourth-order valence-corrected chi connectivity index (χ4v) is 1.74. The van der Waals surface area contributed by atoms with E-state index in [1.165, 1.54) is 12.1 Å². The maximum absolute atomic E-state index is 12.8. The smallest absolute Gasteiger partial charge is 0.295 e. The molecule has 2 rings (SSSR count). The van der Waals surface area contributed by atoms with Crippen LogP contribution in [0.2, 0.25) is 0 Å². The van der Waals surface area contributed by atoms with Crippen molar-refractivity contribution in [2.75, 3.05) is 5.32 Å². The van der Waals surface area contributed by atoms with Gasteiger partial charge in [0.2, 0.25) is 17.8 Å². The first-order valence-electron chi connectivity index (χ1n) is 4.81. The van der Waals surface area contributed by atoms with Crippen molar-refractivity contribution in [3.05, 3.63) is 42.2 Å². The average Bonchev–Trinajstić information content (AvgIpc) is 2.26. The van der Waals surface area contributed by atoms with Crippen LogP contribution in [0.5, 0.6) is 0 Å². The Morgan fingerprint density at radius 3 is 2.42 bits per heavy atom. The molecule has 0 fully saturated rings. The maximum Gasteiger partial charge on any atom is 0.295 e. The first kappa shape index (κ1) is 13.3. The molecule has 1 heterocycles. The Kier molecular flexibility index (Phi) is 3.40. The number of nitrogens with one attached hydrogen (secondary N) is 1. The maximum atomic E-state index is 12.8. The van der Waals surface area contributed by atoms with Gasteiger partial charge < -0.3 is 5.32 Å². The summed E-state index contributed by atoms with van der Waals surface area (Å²) in [7, 11) is -4.42. The fraction of sp³-hybridized carbons (Fsp3) is 0. The molecule has 0 saturated heterocycles. The second kappa shape index (κ2) is 4.86. The van der Waals surface area contributed by atoms with E-state index in [4.69, 9.17) is 4.55 Å². The van der Waals surface area contributed by atoms with Gasteiger partial charge in [-0.2, -0.15) is 27.2 Å². The van der Waals surface area contributed by atoms with Gasteiger partial charge in [-0.15, -0.1) is 0 Å². The monoisotopic (exact) mass is 286 g/mol. The highest BCUT2D eigenvalue weighted by Crippen LogP contribution is 2.17. The summed E-state index contributed by atoms with van der Waals surface area (Å²) >= 11 is 0. The lowest BCUT2D eigenvalue weighted by Gasteiger charge is -2.05. The van der Waals surface area contributed by atoms with Crippen LogP contribution in [0.3, 0.4) is 0 Å². The molecule has 0 atom stereocenters. The van der Waals surface area contributed by atoms with E-state index in [-0.39, 0.29) is 11.6 Å². The third-order valence-corrected chi connectivity index (χ3v) is 2.76. The van der Waals surface area contributed by atoms with E-state index in [0.717, 1.165) is 6.07 Å². The van der Waals surface area contributed by atoms with Gasteiger partial charge in [0.25, 0.3) is 10.1 Å². The SMILES string of the molecule is O=S(=O)(O)c1[c]ccc(Nc2nc(F)cc(F)n2)c1. The topological polar surface area (TPSA) is 92.2 Å². The lowest BCUT2D eigenvalue weighted by molar-refractivity contribution is 0.483. The number of halogens is 2. The summed E-state index contributed by atoms with van der Waals surface area (Å²) in [5.74, 6) is -2.54. The molecular formula is C10H6F2N3O3S. The van der Waals surface area contributed by atoms with E-state index in [0.29, 0.717) is 6.07 Å². The van der Waals surface area contributed by atoms with Gasteiger partial charge in [-0.05, 0) is 12.1 Å². The number of hydrogen-bond acceptors (Lipinski definition) is 5. The zero-order chi connectivity index (χ0) is 14.0. The Morgan fingerprint density at radius 1 is 1.21 bits per heavy atom. The van der Waals surface area contributed by atoms with Crippen LogP contribution in [0.25, 0.3) is 0 Å². The number of anilines is 2. The van der Waals surface area contributed by atoms with Crippen LogP contribution in [-0.4, -0.2) is 22.9 Å². The number of hydrogen-bond donors (Lipinski definition) is 2. The van der Waals surface area contributed by atoms with E-state index in [9.17, 15) is 17.2 Å². The molecule has 0 amide bonds. The molecule has 6 nitrogen and oxygen atoms in total. The molecule has 0 saturated carbocycles. The molecule has 0 aliphatic rings. The fourth-order valence-electron chi connectivity index (χ4n) is 1.25. The number of benzene rings is 1. The van der Waals surface area contributed by atoms with Gasteiger partial charge in [-0.3, -0.25) is 4.55 Å². The largest absolute Gasteiger partial charge is 0.324 e. The van der Waals surface area contributed by atoms with E-state index in [1.807, 2.05) is 0 Å². The number of nitrogens with zero attached hydrogens (tertiary/aromatic N) is 2. The summed E-state index contributed by atoms with van der Waals surface area (Å²) in [6.07, 6.45) is 0. The summed E-state index contributed by atoms with van der Waals surface area (Å²) in [4.78, 5) is 6.05. The van der Waals surface area contributed by atoms with Gasteiger partial charge in [-0.1, -0.05) is 6.07 Å². The van der Waals surface area contributed by atoms with Crippen LogP contribution in [0.15, 0.2) is 29.2 Å². The van der Waals surface area contributed by atoms with Gasteiger partial charge in [0.15, 0.2) is 0 Å². The highest BCUT2D eigenvalue weighted by atomic mass is 32.2. The van der Waals surface area contributed by atoms with Crippen molar-refractivity contribution in [2.24, 2.45) is 0 Å².